The van der Waals surface area contributed by atoms with Gasteiger partial charge in [0, 0.05) is 31.9 Å². The van der Waals surface area contributed by atoms with Crippen molar-refractivity contribution in [2.45, 2.75) is 38.9 Å². The molecule has 0 radical (unpaired) electrons. The molecule has 1 aliphatic heterocycles. The molecule has 19 heavy (non-hydrogen) atoms. The van der Waals surface area contributed by atoms with Crippen molar-refractivity contribution >= 4 is 0 Å². The van der Waals surface area contributed by atoms with E-state index in [-0.39, 0.29) is 0 Å². The van der Waals surface area contributed by atoms with Crippen molar-refractivity contribution in [2.24, 2.45) is 5.73 Å². The molecule has 2 heterocycles. The minimum Gasteiger partial charge on any atom is -0.325 e. The molecule has 1 saturated heterocycles. The zero-order chi connectivity index (χ0) is 13.7. The van der Waals surface area contributed by atoms with E-state index >= 15 is 0 Å². The van der Waals surface area contributed by atoms with E-state index < -0.39 is 0 Å². The van der Waals surface area contributed by atoms with Gasteiger partial charge >= 0.3 is 0 Å². The largest absolute Gasteiger partial charge is 0.325 e. The Morgan fingerprint density at radius 1 is 1.53 bits per heavy atom. The van der Waals surface area contributed by atoms with Gasteiger partial charge in [0.1, 0.15) is 0 Å². The van der Waals surface area contributed by atoms with Crippen molar-refractivity contribution in [1.82, 2.24) is 24.8 Å². The quantitative estimate of drug-likeness (QED) is 0.761. The Morgan fingerprint density at radius 2 is 2.37 bits per heavy atom. The van der Waals surface area contributed by atoms with Crippen molar-refractivity contribution in [3.63, 3.8) is 0 Å². The highest BCUT2D eigenvalue weighted by Crippen LogP contribution is 2.17. The summed E-state index contributed by atoms with van der Waals surface area (Å²) in [6.07, 6.45) is 4.61. The van der Waals surface area contributed by atoms with Gasteiger partial charge in [0.25, 0.3) is 0 Å². The highest BCUT2D eigenvalue weighted by molar-refractivity contribution is 4.90. The number of likely N-dealkylation sites (tertiary alicyclic amines) is 1. The van der Waals surface area contributed by atoms with Gasteiger partial charge in [-0.3, -0.25) is 9.58 Å². The van der Waals surface area contributed by atoms with Crippen LogP contribution in [0.2, 0.25) is 0 Å². The average Bonchev–Trinajstić information content (AvgIpc) is 3.04. The Bertz CT molecular complexity index is 377. The van der Waals surface area contributed by atoms with Crippen LogP contribution in [0.4, 0.5) is 0 Å². The topological polar surface area (TPSA) is 63.2 Å². The van der Waals surface area contributed by atoms with Gasteiger partial charge in [0.15, 0.2) is 0 Å². The molecule has 0 aliphatic carbocycles. The van der Waals surface area contributed by atoms with E-state index in [0.29, 0.717) is 6.54 Å². The van der Waals surface area contributed by atoms with Crippen molar-refractivity contribution in [2.75, 3.05) is 33.2 Å². The van der Waals surface area contributed by atoms with Crippen LogP contribution in [0, 0.1) is 0 Å². The summed E-state index contributed by atoms with van der Waals surface area (Å²) in [5.74, 6) is 0. The van der Waals surface area contributed by atoms with E-state index in [2.05, 4.69) is 34.1 Å². The first-order valence-corrected chi connectivity index (χ1v) is 7.24. The molecular formula is C13H26N6. The predicted molar refractivity (Wildman–Crippen MR) is 75.7 cm³/mol. The maximum Gasteiger partial charge on any atom is 0.0962 e. The van der Waals surface area contributed by atoms with E-state index in [1.54, 1.807) is 0 Å². The van der Waals surface area contributed by atoms with Crippen molar-refractivity contribution < 1.29 is 0 Å². The summed E-state index contributed by atoms with van der Waals surface area (Å²) in [5, 5.41) is 8.07. The van der Waals surface area contributed by atoms with Crippen molar-refractivity contribution in [3.05, 3.63) is 11.9 Å². The fraction of sp³-hybridized carbons (Fsp3) is 0.846. The van der Waals surface area contributed by atoms with Gasteiger partial charge in [-0.1, -0.05) is 12.1 Å². The van der Waals surface area contributed by atoms with Crippen LogP contribution in [0.25, 0.3) is 0 Å². The third-order valence-electron chi connectivity index (χ3n) is 3.93. The molecule has 1 fully saturated rings. The average molecular weight is 266 g/mol. The molecular weight excluding hydrogens is 240 g/mol. The number of likely N-dealkylation sites (N-methyl/N-ethyl adjacent to an activating group) is 2. The number of hydrogen-bond donors (Lipinski definition) is 1. The van der Waals surface area contributed by atoms with Crippen LogP contribution in [0.3, 0.4) is 0 Å². The van der Waals surface area contributed by atoms with E-state index in [1.165, 1.54) is 25.9 Å². The summed E-state index contributed by atoms with van der Waals surface area (Å²) in [5.41, 5.74) is 6.38. The smallest absolute Gasteiger partial charge is 0.0962 e. The minimum atomic E-state index is 0.462. The zero-order valence-electron chi connectivity index (χ0n) is 12.1. The first-order valence-electron chi connectivity index (χ1n) is 7.24. The molecule has 0 amide bonds. The SMILES string of the molecule is CCN1CCCC1CN(C)CCn1cc(CN)nn1. The summed E-state index contributed by atoms with van der Waals surface area (Å²) < 4.78 is 1.88. The van der Waals surface area contributed by atoms with E-state index in [0.717, 1.165) is 31.4 Å². The summed E-state index contributed by atoms with van der Waals surface area (Å²) >= 11 is 0. The van der Waals surface area contributed by atoms with Gasteiger partial charge in [-0.2, -0.15) is 0 Å². The second-order valence-electron chi connectivity index (χ2n) is 5.36. The maximum absolute atomic E-state index is 5.53. The van der Waals surface area contributed by atoms with Gasteiger partial charge in [-0.25, -0.2) is 0 Å². The fourth-order valence-electron chi connectivity index (χ4n) is 2.78. The maximum atomic E-state index is 5.53. The number of hydrogen-bond acceptors (Lipinski definition) is 5. The van der Waals surface area contributed by atoms with Gasteiger partial charge in [0.05, 0.1) is 12.2 Å². The molecule has 0 saturated carbocycles. The molecule has 108 valence electrons. The van der Waals surface area contributed by atoms with E-state index in [9.17, 15) is 0 Å². The number of nitrogens with zero attached hydrogens (tertiary/aromatic N) is 5. The summed E-state index contributed by atoms with van der Waals surface area (Å²) in [4.78, 5) is 4.97. The predicted octanol–water partition coefficient (Wildman–Crippen LogP) is 0.153. The van der Waals surface area contributed by atoms with Crippen LogP contribution >= 0.6 is 0 Å². The van der Waals surface area contributed by atoms with Gasteiger partial charge < -0.3 is 10.6 Å². The molecule has 1 aromatic rings. The van der Waals surface area contributed by atoms with Gasteiger partial charge in [-0.15, -0.1) is 5.10 Å². The standard InChI is InChI=1S/C13H26N6/c1-3-18-6-4-5-13(18)11-17(2)7-8-19-10-12(9-14)15-16-19/h10,13H,3-9,11,14H2,1-2H3. The van der Waals surface area contributed by atoms with Gasteiger partial charge in [-0.05, 0) is 33.0 Å². The lowest BCUT2D eigenvalue weighted by atomic mass is 10.2. The summed E-state index contributed by atoms with van der Waals surface area (Å²) in [6.45, 7) is 8.17. The van der Waals surface area contributed by atoms with Crippen molar-refractivity contribution in [1.29, 1.82) is 0 Å². The van der Waals surface area contributed by atoms with E-state index in [1.807, 2.05) is 10.9 Å². The minimum absolute atomic E-state index is 0.462. The Kier molecular flexibility index (Phi) is 5.30. The summed E-state index contributed by atoms with van der Waals surface area (Å²) in [6, 6.07) is 0.727. The molecule has 0 spiro atoms. The van der Waals surface area contributed by atoms with Crippen LogP contribution in [0.1, 0.15) is 25.5 Å². The lowest BCUT2D eigenvalue weighted by Gasteiger charge is -2.27. The molecule has 1 unspecified atom stereocenters. The van der Waals surface area contributed by atoms with Crippen LogP contribution in [0.5, 0.6) is 0 Å². The molecule has 1 aliphatic rings. The van der Waals surface area contributed by atoms with Crippen LogP contribution < -0.4 is 5.73 Å². The number of aromatic nitrogens is 3. The van der Waals surface area contributed by atoms with E-state index in [4.69, 9.17) is 5.73 Å². The molecule has 2 N–H and O–H groups in total. The molecule has 1 atom stereocenters. The Morgan fingerprint density at radius 3 is 3.05 bits per heavy atom. The zero-order valence-corrected chi connectivity index (χ0v) is 12.1. The number of rotatable bonds is 7. The lowest BCUT2D eigenvalue weighted by molar-refractivity contribution is 0.194. The van der Waals surface area contributed by atoms with Crippen LogP contribution in [-0.4, -0.2) is 64.1 Å². The molecule has 0 bridgehead atoms. The monoisotopic (exact) mass is 266 g/mol. The summed E-state index contributed by atoms with van der Waals surface area (Å²) in [7, 11) is 2.19. The molecule has 6 nitrogen and oxygen atoms in total. The molecule has 0 aromatic carbocycles. The van der Waals surface area contributed by atoms with Crippen molar-refractivity contribution in [3.8, 4) is 0 Å². The lowest BCUT2D eigenvalue weighted by Crippen LogP contribution is -2.39. The second-order valence-corrected chi connectivity index (χ2v) is 5.36. The second kappa shape index (κ2) is 6.98. The van der Waals surface area contributed by atoms with Crippen LogP contribution in [-0.2, 0) is 13.1 Å². The third kappa shape index (κ3) is 3.99. The molecule has 2 rings (SSSR count). The fourth-order valence-corrected chi connectivity index (χ4v) is 2.78. The number of nitrogens with two attached hydrogens (primary N) is 1. The Balaban J connectivity index is 1.73. The Hall–Kier alpha value is -0.980. The molecule has 6 heteroatoms. The Labute approximate surface area is 115 Å². The van der Waals surface area contributed by atoms with Crippen LogP contribution in [0.15, 0.2) is 6.20 Å². The normalized spacial score (nSPS) is 20.5. The first-order chi connectivity index (χ1) is 9.22. The first kappa shape index (κ1) is 14.4. The molecule has 1 aromatic heterocycles. The highest BCUT2D eigenvalue weighted by atomic mass is 15.4. The van der Waals surface area contributed by atoms with Gasteiger partial charge in [0.2, 0.25) is 0 Å². The highest BCUT2D eigenvalue weighted by Gasteiger charge is 2.23. The third-order valence-corrected chi connectivity index (χ3v) is 3.93.